The molecule has 0 saturated carbocycles. The molecular weight excluding hydrogens is 248 g/mol. The van der Waals surface area contributed by atoms with Crippen LogP contribution in [-0.4, -0.2) is 10.9 Å². The molecule has 1 heterocycles. The van der Waals surface area contributed by atoms with Crippen molar-refractivity contribution in [3.8, 4) is 0 Å². The van der Waals surface area contributed by atoms with Crippen molar-refractivity contribution in [2.45, 2.75) is 34.6 Å². The lowest BCUT2D eigenvalue weighted by Crippen LogP contribution is -2.18. The Morgan fingerprint density at radius 1 is 0.900 bits per heavy atom. The molecule has 0 fully saturated rings. The SMILES string of the molecule is Cc1cc(C)c(/C=N/n2c(C)cc(C)cc2=O)c(C)c1. The Morgan fingerprint density at radius 3 is 2.00 bits per heavy atom. The van der Waals surface area contributed by atoms with Crippen LogP contribution in [0.15, 0.2) is 34.2 Å². The van der Waals surface area contributed by atoms with Gasteiger partial charge in [-0.15, -0.1) is 0 Å². The zero-order valence-corrected chi connectivity index (χ0v) is 12.7. The molecule has 0 amide bonds. The fourth-order valence-electron chi connectivity index (χ4n) is 2.52. The van der Waals surface area contributed by atoms with E-state index in [0.717, 1.165) is 16.8 Å². The van der Waals surface area contributed by atoms with Crippen LogP contribution in [0.4, 0.5) is 0 Å². The van der Waals surface area contributed by atoms with Crippen molar-refractivity contribution >= 4 is 6.21 Å². The van der Waals surface area contributed by atoms with Crippen LogP contribution < -0.4 is 5.56 Å². The van der Waals surface area contributed by atoms with Crippen LogP contribution in [0.5, 0.6) is 0 Å². The first-order chi connectivity index (χ1) is 9.38. The summed E-state index contributed by atoms with van der Waals surface area (Å²) >= 11 is 0. The van der Waals surface area contributed by atoms with Crippen molar-refractivity contribution in [3.05, 3.63) is 68.1 Å². The Hall–Kier alpha value is -2.16. The average Bonchev–Trinajstić information content (AvgIpc) is 2.30. The number of benzene rings is 1. The maximum Gasteiger partial charge on any atom is 0.271 e. The van der Waals surface area contributed by atoms with Crippen LogP contribution in [0, 0.1) is 34.6 Å². The molecule has 3 nitrogen and oxygen atoms in total. The zero-order valence-electron chi connectivity index (χ0n) is 12.7. The van der Waals surface area contributed by atoms with E-state index >= 15 is 0 Å². The van der Waals surface area contributed by atoms with Gasteiger partial charge in [-0.2, -0.15) is 5.10 Å². The van der Waals surface area contributed by atoms with Gasteiger partial charge in [-0.1, -0.05) is 17.7 Å². The molecule has 0 aliphatic rings. The summed E-state index contributed by atoms with van der Waals surface area (Å²) < 4.78 is 1.44. The van der Waals surface area contributed by atoms with E-state index in [2.05, 4.69) is 38.0 Å². The molecule has 1 aromatic heterocycles. The Balaban J connectivity index is 2.48. The molecule has 0 aliphatic heterocycles. The molecule has 1 aromatic carbocycles. The third-order valence-electron chi connectivity index (χ3n) is 3.37. The molecule has 0 N–H and O–H groups in total. The molecule has 0 bridgehead atoms. The zero-order chi connectivity index (χ0) is 14.9. The largest absolute Gasteiger partial charge is 0.271 e. The maximum atomic E-state index is 12.0. The monoisotopic (exact) mass is 268 g/mol. The van der Waals surface area contributed by atoms with E-state index in [0.29, 0.717) is 0 Å². The minimum Gasteiger partial charge on any atom is -0.267 e. The molecular formula is C17H20N2O. The number of hydrogen-bond acceptors (Lipinski definition) is 2. The van der Waals surface area contributed by atoms with E-state index in [4.69, 9.17) is 0 Å². The molecule has 2 aromatic rings. The van der Waals surface area contributed by atoms with Crippen LogP contribution in [0.1, 0.15) is 33.5 Å². The second kappa shape index (κ2) is 5.45. The van der Waals surface area contributed by atoms with E-state index in [1.165, 1.54) is 21.4 Å². The highest BCUT2D eigenvalue weighted by molar-refractivity contribution is 5.83. The van der Waals surface area contributed by atoms with E-state index in [1.807, 2.05) is 19.9 Å². The highest BCUT2D eigenvalue weighted by Gasteiger charge is 2.03. The van der Waals surface area contributed by atoms with Crippen LogP contribution >= 0.6 is 0 Å². The number of pyridine rings is 1. The fraction of sp³-hybridized carbons (Fsp3) is 0.294. The third kappa shape index (κ3) is 2.87. The number of rotatable bonds is 2. The summed E-state index contributed by atoms with van der Waals surface area (Å²) in [5, 5.41) is 4.35. The van der Waals surface area contributed by atoms with E-state index in [-0.39, 0.29) is 5.56 Å². The fourth-order valence-corrected chi connectivity index (χ4v) is 2.52. The van der Waals surface area contributed by atoms with Gasteiger partial charge < -0.3 is 0 Å². The molecule has 0 aliphatic carbocycles. The van der Waals surface area contributed by atoms with Crippen LogP contribution in [0.2, 0.25) is 0 Å². The molecule has 0 unspecified atom stereocenters. The second-order valence-electron chi connectivity index (χ2n) is 5.38. The highest BCUT2D eigenvalue weighted by Crippen LogP contribution is 2.14. The third-order valence-corrected chi connectivity index (χ3v) is 3.37. The van der Waals surface area contributed by atoms with Crippen molar-refractivity contribution in [1.82, 2.24) is 4.68 Å². The Labute approximate surface area is 119 Å². The molecule has 3 heteroatoms. The van der Waals surface area contributed by atoms with Crippen LogP contribution in [0.3, 0.4) is 0 Å². The standard InChI is InChI=1S/C17H20N2O/c1-11-6-13(3)16(14(4)7-11)10-18-19-15(5)8-12(2)9-17(19)20/h6-10H,1-5H3/b18-10+. The number of hydrogen-bond donors (Lipinski definition) is 0. The van der Waals surface area contributed by atoms with Gasteiger partial charge >= 0.3 is 0 Å². The molecule has 2 rings (SSSR count). The van der Waals surface area contributed by atoms with Crippen LogP contribution in [-0.2, 0) is 0 Å². The predicted octanol–water partition coefficient (Wildman–Crippen LogP) is 3.27. The van der Waals surface area contributed by atoms with Crippen molar-refractivity contribution in [1.29, 1.82) is 0 Å². The van der Waals surface area contributed by atoms with Gasteiger partial charge in [0.05, 0.1) is 6.21 Å². The summed E-state index contributed by atoms with van der Waals surface area (Å²) in [7, 11) is 0. The number of aryl methyl sites for hydroxylation is 5. The average molecular weight is 268 g/mol. The second-order valence-corrected chi connectivity index (χ2v) is 5.38. The molecule has 0 spiro atoms. The normalized spacial score (nSPS) is 11.2. The Morgan fingerprint density at radius 2 is 1.45 bits per heavy atom. The molecule has 0 atom stereocenters. The van der Waals surface area contributed by atoms with Gasteiger partial charge in [-0.3, -0.25) is 4.79 Å². The minimum atomic E-state index is -0.0961. The smallest absolute Gasteiger partial charge is 0.267 e. The van der Waals surface area contributed by atoms with Gasteiger partial charge in [-0.05, 0) is 57.4 Å². The van der Waals surface area contributed by atoms with Gasteiger partial charge in [0.15, 0.2) is 0 Å². The summed E-state index contributed by atoms with van der Waals surface area (Å²) in [5.74, 6) is 0. The van der Waals surface area contributed by atoms with Crippen LogP contribution in [0.25, 0.3) is 0 Å². The number of aromatic nitrogens is 1. The summed E-state index contributed by atoms with van der Waals surface area (Å²) in [5.41, 5.74) is 6.35. The first kappa shape index (κ1) is 14.3. The minimum absolute atomic E-state index is 0.0961. The van der Waals surface area contributed by atoms with Crippen molar-refractivity contribution in [3.63, 3.8) is 0 Å². The van der Waals surface area contributed by atoms with Crippen molar-refractivity contribution in [2.24, 2.45) is 5.10 Å². The van der Waals surface area contributed by atoms with E-state index in [9.17, 15) is 4.79 Å². The predicted molar refractivity (Wildman–Crippen MR) is 83.8 cm³/mol. The lowest BCUT2D eigenvalue weighted by atomic mass is 10.0. The van der Waals surface area contributed by atoms with Gasteiger partial charge in [0.25, 0.3) is 5.56 Å². The summed E-state index contributed by atoms with van der Waals surface area (Å²) in [4.78, 5) is 12.0. The maximum absolute atomic E-state index is 12.0. The molecule has 104 valence electrons. The Bertz CT molecular complexity index is 716. The Kier molecular flexibility index (Phi) is 3.89. The lowest BCUT2D eigenvalue weighted by molar-refractivity contribution is 0.790. The quantitative estimate of drug-likeness (QED) is 0.770. The summed E-state index contributed by atoms with van der Waals surface area (Å²) in [6.07, 6.45) is 1.77. The van der Waals surface area contributed by atoms with Crippen molar-refractivity contribution < 1.29 is 0 Å². The first-order valence-corrected chi connectivity index (χ1v) is 6.71. The van der Waals surface area contributed by atoms with E-state index < -0.39 is 0 Å². The number of nitrogens with zero attached hydrogens (tertiary/aromatic N) is 2. The molecule has 0 radical (unpaired) electrons. The van der Waals surface area contributed by atoms with E-state index in [1.54, 1.807) is 12.3 Å². The summed E-state index contributed by atoms with van der Waals surface area (Å²) in [6.45, 7) is 10.0. The lowest BCUT2D eigenvalue weighted by Gasteiger charge is -2.08. The molecule has 20 heavy (non-hydrogen) atoms. The van der Waals surface area contributed by atoms with Crippen molar-refractivity contribution in [2.75, 3.05) is 0 Å². The van der Waals surface area contributed by atoms with Gasteiger partial charge in [-0.25, -0.2) is 4.68 Å². The topological polar surface area (TPSA) is 34.4 Å². The molecule has 0 saturated heterocycles. The van der Waals surface area contributed by atoms with Gasteiger partial charge in [0.2, 0.25) is 0 Å². The summed E-state index contributed by atoms with van der Waals surface area (Å²) in [6, 6.07) is 7.80. The highest BCUT2D eigenvalue weighted by atomic mass is 16.1. The first-order valence-electron chi connectivity index (χ1n) is 6.71. The van der Waals surface area contributed by atoms with Gasteiger partial charge in [0.1, 0.15) is 0 Å². The van der Waals surface area contributed by atoms with Gasteiger partial charge in [0, 0.05) is 17.3 Å².